The zero-order valence-corrected chi connectivity index (χ0v) is 14.6. The minimum Gasteiger partial charge on any atom is -0.483 e. The van der Waals surface area contributed by atoms with Crippen molar-refractivity contribution in [3.05, 3.63) is 52.7 Å². The number of nitriles is 1. The van der Waals surface area contributed by atoms with Gasteiger partial charge >= 0.3 is 5.97 Å². The van der Waals surface area contributed by atoms with Crippen molar-refractivity contribution in [2.45, 2.75) is 33.1 Å². The molecule has 1 aromatic carbocycles. The highest BCUT2D eigenvalue weighted by atomic mass is 16.4. The Labute approximate surface area is 146 Å². The molecule has 0 unspecified atom stereocenters. The predicted molar refractivity (Wildman–Crippen MR) is 93.4 cm³/mol. The summed E-state index contributed by atoms with van der Waals surface area (Å²) < 4.78 is 0. The molecule has 0 saturated carbocycles. The van der Waals surface area contributed by atoms with Crippen LogP contribution in [0.2, 0.25) is 0 Å². The second kappa shape index (κ2) is 8.06. The van der Waals surface area contributed by atoms with Gasteiger partial charge in [0, 0.05) is 5.56 Å². The standard InChI is InChI=1S/C18H18N2O2.CH2O2/c1-11-9-15(20-12(2)16(11)17(21)22)13-5-7-14(8-6-13)18(3,4)10-19;2-1-3/h5-9H,1-4H3,(H,21,22);1H,(H,2,3). The Kier molecular flexibility index (Phi) is 6.40. The van der Waals surface area contributed by atoms with Crippen molar-refractivity contribution in [2.75, 3.05) is 0 Å². The normalized spacial score (nSPS) is 10.2. The van der Waals surface area contributed by atoms with E-state index in [1.165, 1.54) is 0 Å². The largest absolute Gasteiger partial charge is 0.483 e. The van der Waals surface area contributed by atoms with Crippen molar-refractivity contribution in [1.29, 1.82) is 5.26 Å². The van der Waals surface area contributed by atoms with Gasteiger partial charge in [-0.3, -0.25) is 9.78 Å². The molecule has 0 spiro atoms. The molecule has 25 heavy (non-hydrogen) atoms. The summed E-state index contributed by atoms with van der Waals surface area (Å²) in [7, 11) is 0. The van der Waals surface area contributed by atoms with Gasteiger partial charge in [-0.05, 0) is 44.9 Å². The summed E-state index contributed by atoms with van der Waals surface area (Å²) >= 11 is 0. The molecule has 0 aliphatic rings. The van der Waals surface area contributed by atoms with Crippen LogP contribution in [0.3, 0.4) is 0 Å². The molecule has 1 aromatic heterocycles. The van der Waals surface area contributed by atoms with Gasteiger partial charge in [-0.2, -0.15) is 5.26 Å². The first-order valence-corrected chi connectivity index (χ1v) is 7.49. The highest BCUT2D eigenvalue weighted by Gasteiger charge is 2.20. The molecule has 0 amide bonds. The Morgan fingerprint density at radius 1 is 1.24 bits per heavy atom. The van der Waals surface area contributed by atoms with Crippen LogP contribution in [0.15, 0.2) is 30.3 Å². The lowest BCUT2D eigenvalue weighted by Crippen LogP contribution is -2.13. The van der Waals surface area contributed by atoms with Gasteiger partial charge in [0.2, 0.25) is 0 Å². The second-order valence-corrected chi connectivity index (χ2v) is 6.01. The van der Waals surface area contributed by atoms with E-state index in [1.54, 1.807) is 19.9 Å². The molecule has 0 saturated heterocycles. The van der Waals surface area contributed by atoms with E-state index in [0.29, 0.717) is 11.3 Å². The number of hydrogen-bond donors (Lipinski definition) is 2. The number of carboxylic acid groups (broad SMARTS) is 2. The Morgan fingerprint density at radius 2 is 1.76 bits per heavy atom. The quantitative estimate of drug-likeness (QED) is 0.826. The number of aryl methyl sites for hydroxylation is 2. The van der Waals surface area contributed by atoms with Crippen molar-refractivity contribution >= 4 is 12.4 Å². The molecule has 0 aliphatic heterocycles. The number of rotatable bonds is 3. The lowest BCUT2D eigenvalue weighted by molar-refractivity contribution is -0.122. The van der Waals surface area contributed by atoms with Crippen LogP contribution in [0, 0.1) is 25.2 Å². The van der Waals surface area contributed by atoms with Crippen LogP contribution in [-0.2, 0) is 10.2 Å². The SMILES string of the molecule is Cc1cc(-c2ccc(C(C)(C)C#N)cc2)nc(C)c1C(=O)O.O=CO. The molecule has 0 bridgehead atoms. The molecule has 130 valence electrons. The Balaban J connectivity index is 0.000000970. The van der Waals surface area contributed by atoms with E-state index in [2.05, 4.69) is 11.1 Å². The Morgan fingerprint density at radius 3 is 2.16 bits per heavy atom. The van der Waals surface area contributed by atoms with Gasteiger partial charge in [-0.1, -0.05) is 24.3 Å². The van der Waals surface area contributed by atoms with Gasteiger partial charge < -0.3 is 10.2 Å². The molecule has 6 nitrogen and oxygen atoms in total. The van der Waals surface area contributed by atoms with Crippen molar-refractivity contribution in [3.63, 3.8) is 0 Å². The van der Waals surface area contributed by atoms with Crippen LogP contribution >= 0.6 is 0 Å². The topological polar surface area (TPSA) is 111 Å². The van der Waals surface area contributed by atoms with Gasteiger partial charge in [-0.25, -0.2) is 4.79 Å². The van der Waals surface area contributed by atoms with E-state index >= 15 is 0 Å². The second-order valence-electron chi connectivity index (χ2n) is 6.01. The van der Waals surface area contributed by atoms with Crippen LogP contribution in [0.5, 0.6) is 0 Å². The lowest BCUT2D eigenvalue weighted by atomic mass is 9.86. The molecular formula is C19H20N2O4. The van der Waals surface area contributed by atoms with Crippen LogP contribution in [0.1, 0.15) is 41.0 Å². The number of aromatic carboxylic acids is 1. The zero-order chi connectivity index (χ0) is 19.2. The molecule has 2 aromatic rings. The van der Waals surface area contributed by atoms with Crippen LogP contribution in [0.25, 0.3) is 11.3 Å². The zero-order valence-electron chi connectivity index (χ0n) is 14.6. The number of aromatic nitrogens is 1. The highest BCUT2D eigenvalue weighted by molar-refractivity contribution is 5.91. The van der Waals surface area contributed by atoms with Gasteiger partial charge in [0.05, 0.1) is 28.4 Å². The summed E-state index contributed by atoms with van der Waals surface area (Å²) in [4.78, 5) is 24.0. The van der Waals surface area contributed by atoms with E-state index in [0.717, 1.165) is 16.8 Å². The third-order valence-corrected chi connectivity index (χ3v) is 3.79. The minimum atomic E-state index is -0.958. The maximum atomic E-state index is 11.2. The van der Waals surface area contributed by atoms with Crippen LogP contribution in [-0.4, -0.2) is 27.6 Å². The van der Waals surface area contributed by atoms with Crippen molar-refractivity contribution in [2.24, 2.45) is 0 Å². The average molecular weight is 340 g/mol. The smallest absolute Gasteiger partial charge is 0.337 e. The molecule has 2 rings (SSSR count). The fraction of sp³-hybridized carbons (Fsp3) is 0.263. The third kappa shape index (κ3) is 4.64. The molecule has 0 aliphatic carbocycles. The molecule has 0 atom stereocenters. The first-order chi connectivity index (χ1) is 11.7. The predicted octanol–water partition coefficient (Wildman–Crippen LogP) is 3.57. The van der Waals surface area contributed by atoms with Crippen molar-refractivity contribution in [1.82, 2.24) is 4.98 Å². The van der Waals surface area contributed by atoms with Crippen LogP contribution < -0.4 is 0 Å². The number of hydrogen-bond acceptors (Lipinski definition) is 4. The number of pyridine rings is 1. The Bertz CT molecular complexity index is 795. The van der Waals surface area contributed by atoms with Crippen molar-refractivity contribution in [3.8, 4) is 17.3 Å². The monoisotopic (exact) mass is 340 g/mol. The van der Waals surface area contributed by atoms with Gasteiger partial charge in [0.1, 0.15) is 0 Å². The van der Waals surface area contributed by atoms with Gasteiger partial charge in [0.25, 0.3) is 6.47 Å². The molecular weight excluding hydrogens is 320 g/mol. The van der Waals surface area contributed by atoms with E-state index in [-0.39, 0.29) is 12.0 Å². The summed E-state index contributed by atoms with van der Waals surface area (Å²) in [6.07, 6.45) is 0. The summed E-state index contributed by atoms with van der Waals surface area (Å²) in [5.41, 5.74) is 3.49. The third-order valence-electron chi connectivity index (χ3n) is 3.79. The molecule has 6 heteroatoms. The summed E-state index contributed by atoms with van der Waals surface area (Å²) in [5, 5.41) is 25.3. The maximum absolute atomic E-state index is 11.2. The van der Waals surface area contributed by atoms with Gasteiger partial charge in [0.15, 0.2) is 0 Å². The number of benzene rings is 1. The fourth-order valence-corrected chi connectivity index (χ4v) is 2.42. The van der Waals surface area contributed by atoms with E-state index in [4.69, 9.17) is 9.90 Å². The molecule has 0 fully saturated rings. The average Bonchev–Trinajstić information content (AvgIpc) is 2.54. The summed E-state index contributed by atoms with van der Waals surface area (Å²) in [6, 6.07) is 11.7. The molecule has 1 heterocycles. The van der Waals surface area contributed by atoms with Crippen molar-refractivity contribution < 1.29 is 19.8 Å². The number of nitrogens with zero attached hydrogens (tertiary/aromatic N) is 2. The highest BCUT2D eigenvalue weighted by Crippen LogP contribution is 2.27. The van der Waals surface area contributed by atoms with E-state index < -0.39 is 11.4 Å². The van der Waals surface area contributed by atoms with Gasteiger partial charge in [-0.15, -0.1) is 0 Å². The van der Waals surface area contributed by atoms with E-state index in [9.17, 15) is 15.2 Å². The van der Waals surface area contributed by atoms with E-state index in [1.807, 2.05) is 38.1 Å². The molecule has 0 radical (unpaired) electrons. The first-order valence-electron chi connectivity index (χ1n) is 7.49. The summed E-state index contributed by atoms with van der Waals surface area (Å²) in [6.45, 7) is 6.97. The Hall–Kier alpha value is -3.20. The lowest BCUT2D eigenvalue weighted by Gasteiger charge is -2.16. The minimum absolute atomic E-state index is 0.250. The number of carboxylic acids is 1. The summed E-state index contributed by atoms with van der Waals surface area (Å²) in [5.74, 6) is -0.958. The first kappa shape index (κ1) is 19.8. The molecule has 2 N–H and O–H groups in total. The number of carbonyl (C=O) groups is 2. The van der Waals surface area contributed by atoms with Crippen LogP contribution in [0.4, 0.5) is 0 Å². The maximum Gasteiger partial charge on any atom is 0.337 e. The fourth-order valence-electron chi connectivity index (χ4n) is 2.42.